The fourth-order valence-electron chi connectivity index (χ4n) is 5.57. The summed E-state index contributed by atoms with van der Waals surface area (Å²) in [5, 5.41) is 1.89. The van der Waals surface area contributed by atoms with Crippen LogP contribution in [0, 0.1) is 0 Å². The van der Waals surface area contributed by atoms with Crippen molar-refractivity contribution in [2.24, 2.45) is 0 Å². The zero-order chi connectivity index (χ0) is 32.7. The lowest BCUT2D eigenvalue weighted by atomic mass is 9.97. The Bertz CT molecular complexity index is 1520. The summed E-state index contributed by atoms with van der Waals surface area (Å²) in [6, 6.07) is 27.0. The minimum atomic E-state index is -0.412. The maximum absolute atomic E-state index is 12.9. The molecule has 0 heterocycles. The Morgan fingerprint density at radius 2 is 1.20 bits per heavy atom. The van der Waals surface area contributed by atoms with Crippen LogP contribution in [0.5, 0.6) is 11.5 Å². The van der Waals surface area contributed by atoms with Crippen molar-refractivity contribution in [3.05, 3.63) is 96.1 Å². The second-order valence-electron chi connectivity index (χ2n) is 12.2. The molecular weight excluding hydrogens is 572 g/mol. The Morgan fingerprint density at radius 1 is 0.630 bits per heavy atom. The van der Waals surface area contributed by atoms with E-state index in [4.69, 9.17) is 14.2 Å². The Balaban J connectivity index is 1.27. The molecule has 0 saturated carbocycles. The minimum Gasteiger partial charge on any atom is -0.494 e. The molecule has 0 saturated heterocycles. The predicted octanol–water partition coefficient (Wildman–Crippen LogP) is 11.1. The third kappa shape index (κ3) is 10.2. The van der Waals surface area contributed by atoms with E-state index in [0.717, 1.165) is 59.1 Å². The number of carbonyl (C=O) groups excluding carboxylic acids is 2. The maximum Gasteiger partial charge on any atom is 0.343 e. The van der Waals surface area contributed by atoms with Crippen molar-refractivity contribution in [2.45, 2.75) is 104 Å². The van der Waals surface area contributed by atoms with E-state index in [1.54, 1.807) is 18.2 Å². The molecule has 0 aromatic heterocycles. The monoisotopic (exact) mass is 622 g/mol. The van der Waals surface area contributed by atoms with Crippen LogP contribution < -0.4 is 9.47 Å². The first-order valence-corrected chi connectivity index (χ1v) is 17.2. The SMILES string of the molecule is CCCCCCCCCCOc1ccc(-c2ccc(C(=O)Oc3ccc4cc([C@H](C)C(=O)OC(CC)CC)ccc4c3)cc2)cc1. The first-order chi connectivity index (χ1) is 22.4. The van der Waals surface area contributed by atoms with Crippen molar-refractivity contribution >= 4 is 22.7 Å². The highest BCUT2D eigenvalue weighted by atomic mass is 16.5. The van der Waals surface area contributed by atoms with Crippen LogP contribution in [0.1, 0.15) is 114 Å². The van der Waals surface area contributed by atoms with Gasteiger partial charge in [0, 0.05) is 0 Å². The van der Waals surface area contributed by atoms with Crippen LogP contribution in [0.2, 0.25) is 0 Å². The van der Waals surface area contributed by atoms with Crippen molar-refractivity contribution in [1.82, 2.24) is 0 Å². The van der Waals surface area contributed by atoms with Crippen LogP contribution in [0.4, 0.5) is 0 Å². The molecule has 0 aliphatic heterocycles. The van der Waals surface area contributed by atoms with Crippen molar-refractivity contribution in [3.63, 3.8) is 0 Å². The zero-order valence-corrected chi connectivity index (χ0v) is 28.1. The lowest BCUT2D eigenvalue weighted by Crippen LogP contribution is -2.20. The average Bonchev–Trinajstić information content (AvgIpc) is 3.09. The van der Waals surface area contributed by atoms with E-state index in [9.17, 15) is 9.59 Å². The molecule has 244 valence electrons. The van der Waals surface area contributed by atoms with Gasteiger partial charge in [0.05, 0.1) is 18.1 Å². The number of rotatable bonds is 18. The van der Waals surface area contributed by atoms with Gasteiger partial charge in [-0.1, -0.05) is 114 Å². The van der Waals surface area contributed by atoms with Crippen molar-refractivity contribution < 1.29 is 23.8 Å². The van der Waals surface area contributed by atoms with E-state index in [1.807, 2.05) is 87.5 Å². The van der Waals surface area contributed by atoms with Crippen LogP contribution in [0.15, 0.2) is 84.9 Å². The summed E-state index contributed by atoms with van der Waals surface area (Å²) >= 11 is 0. The lowest BCUT2D eigenvalue weighted by molar-refractivity contribution is -0.150. The van der Waals surface area contributed by atoms with Gasteiger partial charge in [-0.15, -0.1) is 0 Å². The quantitative estimate of drug-likeness (QED) is 0.0627. The van der Waals surface area contributed by atoms with Gasteiger partial charge in [0.2, 0.25) is 0 Å². The van der Waals surface area contributed by atoms with E-state index in [0.29, 0.717) is 11.3 Å². The molecular formula is C41H50O5. The van der Waals surface area contributed by atoms with Crippen LogP contribution in [-0.4, -0.2) is 24.6 Å². The Kier molecular flexibility index (Phi) is 13.7. The standard InChI is InChI=1S/C41H50O5/c1-5-8-9-10-11-12-13-14-27-44-38-24-21-32(22-25-38)31-15-17-33(18-16-31)41(43)46-39-26-23-35-28-34(19-20-36(35)29-39)30(4)40(42)45-37(6-2)7-3/h15-26,28-30,37H,5-14,27H2,1-4H3/t30-/m0/s1. The number of unbranched alkanes of at least 4 members (excludes halogenated alkanes) is 7. The minimum absolute atomic E-state index is 0.0513. The van der Waals surface area contributed by atoms with Gasteiger partial charge in [0.1, 0.15) is 17.6 Å². The Morgan fingerprint density at radius 3 is 1.85 bits per heavy atom. The van der Waals surface area contributed by atoms with E-state index < -0.39 is 5.97 Å². The summed E-state index contributed by atoms with van der Waals surface area (Å²) in [5.74, 6) is 0.372. The zero-order valence-electron chi connectivity index (χ0n) is 28.1. The molecule has 5 nitrogen and oxygen atoms in total. The Labute approximate surface area is 275 Å². The molecule has 4 aromatic rings. The third-order valence-corrected chi connectivity index (χ3v) is 8.67. The summed E-state index contributed by atoms with van der Waals surface area (Å²) in [6.45, 7) is 8.92. The third-order valence-electron chi connectivity index (χ3n) is 8.67. The molecule has 0 radical (unpaired) electrons. The number of ether oxygens (including phenoxy) is 3. The van der Waals surface area contributed by atoms with Crippen LogP contribution in [0.25, 0.3) is 21.9 Å². The molecule has 46 heavy (non-hydrogen) atoms. The normalized spacial score (nSPS) is 11.8. The smallest absolute Gasteiger partial charge is 0.343 e. The number of esters is 2. The number of carbonyl (C=O) groups is 2. The molecule has 0 aliphatic carbocycles. The molecule has 0 aliphatic rings. The first kappa shape index (κ1) is 34.7. The Hall–Kier alpha value is -4.12. The van der Waals surface area contributed by atoms with E-state index >= 15 is 0 Å². The molecule has 0 unspecified atom stereocenters. The van der Waals surface area contributed by atoms with Gasteiger partial charge in [-0.05, 0) is 90.0 Å². The van der Waals surface area contributed by atoms with Crippen LogP contribution >= 0.6 is 0 Å². The second-order valence-corrected chi connectivity index (χ2v) is 12.2. The number of hydrogen-bond donors (Lipinski definition) is 0. The predicted molar refractivity (Wildman–Crippen MR) is 188 cm³/mol. The lowest BCUT2D eigenvalue weighted by Gasteiger charge is -2.18. The van der Waals surface area contributed by atoms with Crippen LogP contribution in [-0.2, 0) is 9.53 Å². The van der Waals surface area contributed by atoms with E-state index in [1.165, 1.54) is 44.9 Å². The fraction of sp³-hybridized carbons (Fsp3) is 0.415. The molecule has 4 aromatic carbocycles. The van der Waals surface area contributed by atoms with Gasteiger partial charge >= 0.3 is 11.9 Å². The largest absolute Gasteiger partial charge is 0.494 e. The van der Waals surface area contributed by atoms with E-state index in [-0.39, 0.29) is 18.0 Å². The summed E-state index contributed by atoms with van der Waals surface area (Å²) in [4.78, 5) is 25.6. The van der Waals surface area contributed by atoms with Crippen LogP contribution in [0.3, 0.4) is 0 Å². The summed E-state index contributed by atoms with van der Waals surface area (Å²) in [6.07, 6.45) is 11.8. The maximum atomic E-state index is 12.9. The van der Waals surface area contributed by atoms with Gasteiger partial charge in [-0.3, -0.25) is 4.79 Å². The average molecular weight is 623 g/mol. The number of hydrogen-bond acceptors (Lipinski definition) is 5. The van der Waals surface area contributed by atoms with Gasteiger partial charge in [-0.2, -0.15) is 0 Å². The topological polar surface area (TPSA) is 61.8 Å². The molecule has 5 heteroatoms. The number of benzene rings is 4. The van der Waals surface area contributed by atoms with Gasteiger partial charge in [0.15, 0.2) is 0 Å². The van der Waals surface area contributed by atoms with Gasteiger partial charge < -0.3 is 14.2 Å². The second kappa shape index (κ2) is 18.1. The number of fused-ring (bicyclic) bond motifs is 1. The van der Waals surface area contributed by atoms with Gasteiger partial charge in [-0.25, -0.2) is 4.79 Å². The fourth-order valence-corrected chi connectivity index (χ4v) is 5.57. The van der Waals surface area contributed by atoms with Crippen molar-refractivity contribution in [1.29, 1.82) is 0 Å². The molecule has 0 spiro atoms. The highest BCUT2D eigenvalue weighted by molar-refractivity contribution is 5.93. The van der Waals surface area contributed by atoms with Crippen molar-refractivity contribution in [3.8, 4) is 22.6 Å². The molecule has 0 N–H and O–H groups in total. The van der Waals surface area contributed by atoms with Gasteiger partial charge in [0.25, 0.3) is 0 Å². The summed E-state index contributed by atoms with van der Waals surface area (Å²) in [7, 11) is 0. The summed E-state index contributed by atoms with van der Waals surface area (Å²) < 4.78 is 17.3. The highest BCUT2D eigenvalue weighted by Crippen LogP contribution is 2.28. The molecule has 0 amide bonds. The summed E-state index contributed by atoms with van der Waals surface area (Å²) in [5.41, 5.74) is 3.46. The molecule has 0 fully saturated rings. The molecule has 1 atom stereocenters. The highest BCUT2D eigenvalue weighted by Gasteiger charge is 2.20. The molecule has 4 rings (SSSR count). The first-order valence-electron chi connectivity index (χ1n) is 17.2. The van der Waals surface area contributed by atoms with E-state index in [2.05, 4.69) is 6.92 Å². The molecule has 0 bridgehead atoms. The van der Waals surface area contributed by atoms with Crippen molar-refractivity contribution in [2.75, 3.05) is 6.61 Å².